The lowest BCUT2D eigenvalue weighted by Crippen LogP contribution is -2.30. The van der Waals surface area contributed by atoms with Gasteiger partial charge < -0.3 is 14.2 Å². The summed E-state index contributed by atoms with van der Waals surface area (Å²) in [7, 11) is 0. The van der Waals surface area contributed by atoms with Crippen molar-refractivity contribution in [2.75, 3.05) is 13.2 Å². The Balaban J connectivity index is 4.23. The number of allylic oxidation sites excluding steroid dienone is 8. The molecule has 0 saturated carbocycles. The van der Waals surface area contributed by atoms with Crippen molar-refractivity contribution < 1.29 is 28.6 Å². The zero-order valence-electron chi connectivity index (χ0n) is 35.5. The molecule has 0 fully saturated rings. The Morgan fingerprint density at radius 2 is 0.704 bits per heavy atom. The van der Waals surface area contributed by atoms with Gasteiger partial charge in [0.2, 0.25) is 0 Å². The Kier molecular flexibility index (Phi) is 41.0. The smallest absolute Gasteiger partial charge is 0.306 e. The SMILES string of the molecule is CCC/C=C\C/C=C\CCCCCCCC(=O)OC(COC(=O)CCCCCCC)COC(=O)CCCCCCCCC/C=C\C/C=C\CCCCCC. The first-order valence-electron chi connectivity index (χ1n) is 22.6. The second kappa shape index (κ2) is 43.1. The lowest BCUT2D eigenvalue weighted by Gasteiger charge is -2.18. The number of esters is 3. The van der Waals surface area contributed by atoms with Gasteiger partial charge in [0.05, 0.1) is 0 Å². The fourth-order valence-electron chi connectivity index (χ4n) is 6.10. The Hall–Kier alpha value is -2.63. The number of carbonyl (C=O) groups is 3. The molecule has 0 aliphatic heterocycles. The molecule has 1 unspecified atom stereocenters. The van der Waals surface area contributed by atoms with Crippen LogP contribution in [0.5, 0.6) is 0 Å². The zero-order chi connectivity index (χ0) is 39.4. The summed E-state index contributed by atoms with van der Waals surface area (Å²) in [6.45, 7) is 6.44. The van der Waals surface area contributed by atoms with Gasteiger partial charge in [0.15, 0.2) is 6.10 Å². The topological polar surface area (TPSA) is 78.9 Å². The maximum atomic E-state index is 12.6. The van der Waals surface area contributed by atoms with Crippen molar-refractivity contribution >= 4 is 17.9 Å². The van der Waals surface area contributed by atoms with E-state index in [9.17, 15) is 14.4 Å². The molecule has 6 nitrogen and oxygen atoms in total. The minimum Gasteiger partial charge on any atom is -0.462 e. The van der Waals surface area contributed by atoms with E-state index in [1.165, 1.54) is 70.6 Å². The average Bonchev–Trinajstić information content (AvgIpc) is 3.17. The van der Waals surface area contributed by atoms with E-state index in [4.69, 9.17) is 14.2 Å². The van der Waals surface area contributed by atoms with Gasteiger partial charge in [-0.3, -0.25) is 14.4 Å². The first-order valence-corrected chi connectivity index (χ1v) is 22.6. The van der Waals surface area contributed by atoms with Crippen molar-refractivity contribution in [3.8, 4) is 0 Å². The van der Waals surface area contributed by atoms with Crippen LogP contribution in [0, 0.1) is 0 Å². The molecule has 0 saturated heterocycles. The minimum atomic E-state index is -0.777. The second-order valence-corrected chi connectivity index (χ2v) is 15.0. The minimum absolute atomic E-state index is 0.0826. The third-order valence-electron chi connectivity index (χ3n) is 9.54. The standard InChI is InChI=1S/C48H84O6/c1-4-7-10-13-15-17-19-21-22-23-24-25-27-28-30-32-35-38-41-47(50)53-44-45(43-52-46(49)40-37-34-12-9-6-3)54-48(51)42-39-36-33-31-29-26-20-18-16-14-11-8-5-2/h11,14,17-20,22-23,45H,4-10,12-13,15-16,21,24-44H2,1-3H3/b14-11-,19-17-,20-18-,23-22-. The fraction of sp³-hybridized carbons (Fsp3) is 0.771. The van der Waals surface area contributed by atoms with Gasteiger partial charge in [-0.1, -0.05) is 172 Å². The summed E-state index contributed by atoms with van der Waals surface area (Å²) in [6, 6.07) is 0. The van der Waals surface area contributed by atoms with Gasteiger partial charge in [-0.25, -0.2) is 0 Å². The molecule has 0 bridgehead atoms. The van der Waals surface area contributed by atoms with Crippen LogP contribution in [0.15, 0.2) is 48.6 Å². The van der Waals surface area contributed by atoms with Crippen LogP contribution in [0.1, 0.15) is 220 Å². The summed E-state index contributed by atoms with van der Waals surface area (Å²) >= 11 is 0. The first kappa shape index (κ1) is 51.4. The summed E-state index contributed by atoms with van der Waals surface area (Å²) in [4.78, 5) is 37.5. The van der Waals surface area contributed by atoms with E-state index < -0.39 is 6.10 Å². The van der Waals surface area contributed by atoms with Gasteiger partial charge >= 0.3 is 17.9 Å². The molecule has 0 aromatic rings. The first-order chi connectivity index (χ1) is 26.5. The van der Waals surface area contributed by atoms with Crippen molar-refractivity contribution in [3.63, 3.8) is 0 Å². The molecular weight excluding hydrogens is 673 g/mol. The number of hydrogen-bond donors (Lipinski definition) is 0. The molecule has 0 aromatic heterocycles. The number of hydrogen-bond acceptors (Lipinski definition) is 6. The van der Waals surface area contributed by atoms with E-state index in [2.05, 4.69) is 69.4 Å². The van der Waals surface area contributed by atoms with Crippen LogP contribution < -0.4 is 0 Å². The molecular formula is C48H84O6. The van der Waals surface area contributed by atoms with Crippen LogP contribution in [0.4, 0.5) is 0 Å². The molecule has 0 amide bonds. The number of ether oxygens (including phenoxy) is 3. The van der Waals surface area contributed by atoms with Crippen molar-refractivity contribution in [1.82, 2.24) is 0 Å². The maximum absolute atomic E-state index is 12.6. The van der Waals surface area contributed by atoms with E-state index in [1.54, 1.807) is 0 Å². The van der Waals surface area contributed by atoms with Crippen molar-refractivity contribution in [2.45, 2.75) is 226 Å². The summed E-state index contributed by atoms with van der Waals surface area (Å²) in [5.41, 5.74) is 0. The molecule has 0 heterocycles. The van der Waals surface area contributed by atoms with Gasteiger partial charge in [-0.15, -0.1) is 0 Å². The molecule has 0 radical (unpaired) electrons. The zero-order valence-corrected chi connectivity index (χ0v) is 35.5. The van der Waals surface area contributed by atoms with Crippen molar-refractivity contribution in [1.29, 1.82) is 0 Å². The monoisotopic (exact) mass is 757 g/mol. The normalized spacial score (nSPS) is 12.4. The lowest BCUT2D eigenvalue weighted by atomic mass is 10.1. The predicted molar refractivity (Wildman–Crippen MR) is 229 cm³/mol. The van der Waals surface area contributed by atoms with Crippen molar-refractivity contribution in [2.24, 2.45) is 0 Å². The molecule has 54 heavy (non-hydrogen) atoms. The number of unbranched alkanes of at least 4 members (excludes halogenated alkanes) is 21. The summed E-state index contributed by atoms with van der Waals surface area (Å²) < 4.78 is 16.6. The molecule has 0 aromatic carbocycles. The largest absolute Gasteiger partial charge is 0.462 e. The summed E-state index contributed by atoms with van der Waals surface area (Å²) in [5, 5.41) is 0. The average molecular weight is 757 g/mol. The molecule has 0 N–H and O–H groups in total. The van der Waals surface area contributed by atoms with Crippen LogP contribution >= 0.6 is 0 Å². The Labute approximate surface area is 333 Å². The highest BCUT2D eigenvalue weighted by atomic mass is 16.6. The summed E-state index contributed by atoms with van der Waals surface area (Å²) in [5.74, 6) is -0.920. The van der Waals surface area contributed by atoms with Crippen molar-refractivity contribution in [3.05, 3.63) is 48.6 Å². The number of carbonyl (C=O) groups excluding carboxylic acids is 3. The lowest BCUT2D eigenvalue weighted by molar-refractivity contribution is -0.167. The van der Waals surface area contributed by atoms with Gasteiger partial charge in [0.25, 0.3) is 0 Å². The molecule has 1 atom stereocenters. The molecule has 312 valence electrons. The molecule has 0 spiro atoms. The maximum Gasteiger partial charge on any atom is 0.306 e. The Morgan fingerprint density at radius 1 is 0.370 bits per heavy atom. The van der Waals surface area contributed by atoms with E-state index >= 15 is 0 Å². The quantitative estimate of drug-likeness (QED) is 0.0268. The molecule has 0 aliphatic carbocycles. The van der Waals surface area contributed by atoms with Crippen LogP contribution in [0.3, 0.4) is 0 Å². The fourth-order valence-corrected chi connectivity index (χ4v) is 6.10. The van der Waals surface area contributed by atoms with Crippen LogP contribution in [0.25, 0.3) is 0 Å². The van der Waals surface area contributed by atoms with Gasteiger partial charge in [0.1, 0.15) is 13.2 Å². The van der Waals surface area contributed by atoms with Crippen LogP contribution in [-0.4, -0.2) is 37.2 Å². The van der Waals surface area contributed by atoms with E-state index in [0.29, 0.717) is 19.3 Å². The molecule has 0 aliphatic rings. The highest BCUT2D eigenvalue weighted by Gasteiger charge is 2.19. The van der Waals surface area contributed by atoms with Gasteiger partial charge in [-0.2, -0.15) is 0 Å². The van der Waals surface area contributed by atoms with Gasteiger partial charge in [-0.05, 0) is 77.0 Å². The van der Waals surface area contributed by atoms with Crippen LogP contribution in [0.2, 0.25) is 0 Å². The van der Waals surface area contributed by atoms with E-state index in [1.807, 2.05) is 0 Å². The predicted octanol–water partition coefficient (Wildman–Crippen LogP) is 14.4. The third-order valence-corrected chi connectivity index (χ3v) is 9.54. The molecule has 6 heteroatoms. The second-order valence-electron chi connectivity index (χ2n) is 15.0. The summed E-state index contributed by atoms with van der Waals surface area (Å²) in [6.07, 6.45) is 49.8. The van der Waals surface area contributed by atoms with E-state index in [0.717, 1.165) is 109 Å². The Morgan fingerprint density at radius 3 is 1.11 bits per heavy atom. The third kappa shape index (κ3) is 40.6. The highest BCUT2D eigenvalue weighted by Crippen LogP contribution is 2.13. The molecule has 0 rings (SSSR count). The number of rotatable bonds is 40. The Bertz CT molecular complexity index is 964. The highest BCUT2D eigenvalue weighted by molar-refractivity contribution is 5.71. The van der Waals surface area contributed by atoms with Crippen LogP contribution in [-0.2, 0) is 28.6 Å². The van der Waals surface area contributed by atoms with E-state index in [-0.39, 0.29) is 31.1 Å². The van der Waals surface area contributed by atoms with Gasteiger partial charge in [0, 0.05) is 19.3 Å².